The van der Waals surface area contributed by atoms with E-state index in [9.17, 15) is 35.9 Å². The van der Waals surface area contributed by atoms with E-state index in [0.717, 1.165) is 33.4 Å². The van der Waals surface area contributed by atoms with Gasteiger partial charge in [-0.1, -0.05) is 119 Å². The minimum Gasteiger partial charge on any atom is -0.402 e. The van der Waals surface area contributed by atoms with Crippen LogP contribution in [-0.4, -0.2) is 93.1 Å². The summed E-state index contributed by atoms with van der Waals surface area (Å²) in [6, 6.07) is 33.8. The number of hydrogen-bond donors (Lipinski definition) is 2. The summed E-state index contributed by atoms with van der Waals surface area (Å²) in [6.07, 6.45) is -9.66. The lowest BCUT2D eigenvalue weighted by Crippen LogP contribution is -2.29. The summed E-state index contributed by atoms with van der Waals surface area (Å²) in [5.41, 5.74) is 6.29. The molecule has 16 nitrogen and oxygen atoms in total. The monoisotopic (exact) mass is 1110 g/mol. The zero-order valence-corrected chi connectivity index (χ0v) is 42.8. The van der Waals surface area contributed by atoms with E-state index in [1.54, 1.807) is 14.2 Å². The lowest BCUT2D eigenvalue weighted by molar-refractivity contribution is -0.138. The summed E-state index contributed by atoms with van der Waals surface area (Å²) in [6.45, 7) is 0.877. The largest absolute Gasteiger partial charge is 0.443 e. The first kappa shape index (κ1) is 52.3. The van der Waals surface area contributed by atoms with E-state index in [1.165, 1.54) is 0 Å². The number of aromatic nitrogens is 6. The van der Waals surface area contributed by atoms with Gasteiger partial charge in [0, 0.05) is 84.1 Å². The van der Waals surface area contributed by atoms with Gasteiger partial charge in [0.15, 0.2) is 33.9 Å². The second-order valence-corrected chi connectivity index (χ2v) is 20.8. The molecule has 2 fully saturated rings. The molecule has 2 saturated carbocycles. The number of hydrogen-bond acceptors (Lipinski definition) is 18. The predicted octanol–water partition coefficient (Wildman–Crippen LogP) is 10.7. The molecular weight excluding hydrogens is 1060 g/mol. The van der Waals surface area contributed by atoms with E-state index in [2.05, 4.69) is 41.0 Å². The highest BCUT2D eigenvalue weighted by Crippen LogP contribution is 2.55. The van der Waals surface area contributed by atoms with Crippen molar-refractivity contribution in [3.8, 4) is 23.2 Å². The van der Waals surface area contributed by atoms with Gasteiger partial charge in [0.05, 0.1) is 11.4 Å². The molecule has 0 radical (unpaired) electrons. The number of benzene rings is 4. The number of halogens is 6. The van der Waals surface area contributed by atoms with Crippen LogP contribution in [-0.2, 0) is 44.3 Å². The van der Waals surface area contributed by atoms with Crippen molar-refractivity contribution in [1.29, 1.82) is 0 Å². The number of carbonyl (C=O) groups is 2. The number of anilines is 2. The van der Waals surface area contributed by atoms with Gasteiger partial charge in [-0.25, -0.2) is 9.97 Å². The molecular formula is C54H44F6N10O6S2. The number of fused-ring (bicyclic) bond motifs is 2. The highest BCUT2D eigenvalue weighted by Gasteiger charge is 2.47. The molecule has 0 unspecified atom stereocenters. The van der Waals surface area contributed by atoms with Crippen molar-refractivity contribution in [2.75, 3.05) is 38.1 Å². The van der Waals surface area contributed by atoms with Crippen molar-refractivity contribution >= 4 is 57.7 Å². The van der Waals surface area contributed by atoms with Gasteiger partial charge in [-0.15, -0.1) is 32.9 Å². The van der Waals surface area contributed by atoms with Crippen molar-refractivity contribution in [3.63, 3.8) is 0 Å². The summed E-state index contributed by atoms with van der Waals surface area (Å²) >= 11 is 1.17. The van der Waals surface area contributed by atoms with Crippen LogP contribution in [0.5, 0.6) is 0 Å². The zero-order chi connectivity index (χ0) is 54.3. The van der Waals surface area contributed by atoms with Crippen molar-refractivity contribution in [2.45, 2.75) is 62.2 Å². The maximum absolute atomic E-state index is 13.5. The normalized spacial score (nSPS) is 20.8. The SMILES string of the molecule is COC[C@@H]1C[C@H]1c1sc(C(F)(F)F)nc1-c1nnc(N[C@H]2N=C(c3ccccc3)c3ccccc3CC2=O)o1.COC[C@H]1C[C@@H]1c1sc(C(F)(F)F)nc1-c1nnc(N[C@H]2N=C(c3ccccc3)c3ccccc3CC2=O)o1. The molecule has 4 aromatic heterocycles. The lowest BCUT2D eigenvalue weighted by Gasteiger charge is -2.11. The fourth-order valence-corrected chi connectivity index (χ4v) is 11.7. The topological polar surface area (TPSA) is 205 Å². The van der Waals surface area contributed by atoms with Gasteiger partial charge in [0.2, 0.25) is 0 Å². The molecule has 0 saturated heterocycles. The van der Waals surface area contributed by atoms with E-state index in [-0.39, 0.29) is 83.3 Å². The Labute approximate surface area is 448 Å². The number of ketones is 2. The third-order valence-electron chi connectivity index (χ3n) is 13.3. The van der Waals surface area contributed by atoms with Crippen molar-refractivity contribution in [1.82, 2.24) is 30.4 Å². The minimum atomic E-state index is -4.60. The summed E-state index contributed by atoms with van der Waals surface area (Å²) in [4.78, 5) is 44.3. The number of nitrogens with zero attached hydrogens (tertiary/aromatic N) is 8. The van der Waals surface area contributed by atoms with Gasteiger partial charge in [-0.2, -0.15) is 26.3 Å². The molecule has 2 N–H and O–H groups in total. The van der Waals surface area contributed by atoms with E-state index >= 15 is 0 Å². The molecule has 0 bridgehead atoms. The Morgan fingerprint density at radius 1 is 0.551 bits per heavy atom. The van der Waals surface area contributed by atoms with Gasteiger partial charge < -0.3 is 28.9 Å². The standard InChI is InChI=1S/2C27H22F3N5O3S/c2*1-37-13-16-11-18(16)22-21(32-25(39-22)27(28,29)30)24-34-35-26(38-24)33-23-19(36)12-15-9-5-6-10-17(15)20(31-23)14-7-3-2-4-8-14/h2*2-10,16,18,23H,11-13H2,1H3,(H,33,35)/t16-,18+,23+;16-,18+,23-/m01/s1. The number of rotatable bonds is 14. The van der Waals surface area contributed by atoms with Gasteiger partial charge in [-0.3, -0.25) is 19.6 Å². The van der Waals surface area contributed by atoms with Crippen LogP contribution in [0.25, 0.3) is 23.2 Å². The van der Waals surface area contributed by atoms with Crippen molar-refractivity contribution in [3.05, 3.63) is 162 Å². The lowest BCUT2D eigenvalue weighted by atomic mass is 9.96. The van der Waals surface area contributed by atoms with Crippen LogP contribution in [0.4, 0.5) is 38.4 Å². The number of carbonyl (C=O) groups excluding carboxylic acids is 2. The van der Waals surface area contributed by atoms with E-state index in [1.807, 2.05) is 109 Å². The smallest absolute Gasteiger partial charge is 0.402 e. The minimum absolute atomic E-state index is 0.00421. The number of Topliss-reactive ketones (excluding diaryl/α,β-unsaturated/α-hetero) is 2. The fourth-order valence-electron chi connectivity index (χ4n) is 9.44. The Kier molecular flexibility index (Phi) is 14.4. The Morgan fingerprint density at radius 2 is 0.936 bits per heavy atom. The first-order valence-corrected chi connectivity index (χ1v) is 26.1. The quantitative estimate of drug-likeness (QED) is 0.0973. The molecule has 8 aromatic rings. The number of methoxy groups -OCH3 is 2. The second-order valence-electron chi connectivity index (χ2n) is 18.8. The number of aliphatic imine (C=N–C) groups is 2. The molecule has 78 heavy (non-hydrogen) atoms. The Balaban J connectivity index is 0.000000165. The van der Waals surface area contributed by atoms with Crippen LogP contribution in [0.15, 0.2) is 128 Å². The molecule has 24 heteroatoms. The van der Waals surface area contributed by atoms with E-state index in [0.29, 0.717) is 69.9 Å². The number of alkyl halides is 6. The van der Waals surface area contributed by atoms with Crippen LogP contribution >= 0.6 is 22.7 Å². The van der Waals surface area contributed by atoms with Gasteiger partial charge in [-0.05, 0) is 35.8 Å². The third-order valence-corrected chi connectivity index (χ3v) is 15.8. The highest BCUT2D eigenvalue weighted by atomic mass is 32.1. The summed E-state index contributed by atoms with van der Waals surface area (Å²) < 4.78 is 103. The highest BCUT2D eigenvalue weighted by molar-refractivity contribution is 7.12. The van der Waals surface area contributed by atoms with Gasteiger partial charge >= 0.3 is 24.4 Å². The predicted molar refractivity (Wildman–Crippen MR) is 276 cm³/mol. The number of thiazole rings is 2. The molecule has 4 aromatic carbocycles. The van der Waals surface area contributed by atoms with Crippen LogP contribution in [0, 0.1) is 11.8 Å². The third kappa shape index (κ3) is 11.1. The first-order chi connectivity index (χ1) is 37.6. The molecule has 2 aliphatic carbocycles. The van der Waals surface area contributed by atoms with Crippen molar-refractivity contribution < 1.29 is 54.2 Å². The number of ether oxygens (including phenoxy) is 2. The molecule has 0 amide bonds. The summed E-state index contributed by atoms with van der Waals surface area (Å²) in [5.74, 6) is -0.797. The Hall–Kier alpha value is -7.80. The van der Waals surface area contributed by atoms with Crippen molar-refractivity contribution in [2.24, 2.45) is 21.8 Å². The fraction of sp³-hybridized carbons (Fsp3) is 0.296. The molecule has 12 rings (SSSR count). The summed E-state index contributed by atoms with van der Waals surface area (Å²) in [5, 5.41) is 19.6. The average molecular weight is 1110 g/mol. The second kappa shape index (κ2) is 21.6. The Morgan fingerprint density at radius 3 is 1.32 bits per heavy atom. The maximum atomic E-state index is 13.5. The zero-order valence-electron chi connectivity index (χ0n) is 41.2. The van der Waals surface area contributed by atoms with Gasteiger partial charge in [0.25, 0.3) is 11.8 Å². The molecule has 2 aliphatic heterocycles. The Bertz CT molecular complexity index is 3330. The number of nitrogens with one attached hydrogen (secondary N) is 2. The molecule has 4 aliphatic rings. The summed E-state index contributed by atoms with van der Waals surface area (Å²) in [7, 11) is 3.11. The van der Waals surface area contributed by atoms with Gasteiger partial charge in [0.1, 0.15) is 11.4 Å². The molecule has 0 spiro atoms. The van der Waals surface area contributed by atoms with Crippen LogP contribution in [0.3, 0.4) is 0 Å². The van der Waals surface area contributed by atoms with E-state index < -0.39 is 34.7 Å². The molecule has 400 valence electrons. The van der Waals surface area contributed by atoms with Crippen LogP contribution < -0.4 is 10.6 Å². The van der Waals surface area contributed by atoms with Crippen LogP contribution in [0.2, 0.25) is 0 Å². The van der Waals surface area contributed by atoms with Crippen LogP contribution in [0.1, 0.15) is 77.8 Å². The first-order valence-electron chi connectivity index (χ1n) is 24.5. The van der Waals surface area contributed by atoms with E-state index in [4.69, 9.17) is 28.3 Å². The molecule has 6 atom stereocenters. The average Bonchev–Trinajstić information content (AvgIpc) is 4.14. The maximum Gasteiger partial charge on any atom is 0.443 e. The molecule has 6 heterocycles.